The Labute approximate surface area is 192 Å². The topological polar surface area (TPSA) is 96.9 Å². The molecule has 3 N–H and O–H groups in total. The Morgan fingerprint density at radius 1 is 1.06 bits per heavy atom. The lowest BCUT2D eigenvalue weighted by atomic mass is 10.1. The van der Waals surface area contributed by atoms with E-state index in [0.29, 0.717) is 23.1 Å². The van der Waals surface area contributed by atoms with Gasteiger partial charge in [-0.1, -0.05) is 37.3 Å². The van der Waals surface area contributed by atoms with Crippen molar-refractivity contribution >= 4 is 23.1 Å². The number of primary amides is 1. The number of fused-ring (bicyclic) bond motifs is 1. The third-order valence-corrected chi connectivity index (χ3v) is 5.83. The number of pyridine rings is 1. The number of aryl methyl sites for hydroxylation is 1. The number of aromatic nitrogens is 1. The van der Waals surface area contributed by atoms with Crippen LogP contribution in [0.1, 0.15) is 34.1 Å². The van der Waals surface area contributed by atoms with Crippen LogP contribution in [0.3, 0.4) is 0 Å². The number of nitrogens with zero attached hydrogens (tertiary/aromatic N) is 2. The van der Waals surface area contributed by atoms with Gasteiger partial charge >= 0.3 is 0 Å². The fourth-order valence-electron chi connectivity index (χ4n) is 3.93. The van der Waals surface area contributed by atoms with Crippen LogP contribution in [0.5, 0.6) is 0 Å². The van der Waals surface area contributed by atoms with Crippen LogP contribution in [0.2, 0.25) is 0 Å². The van der Waals surface area contributed by atoms with Crippen molar-refractivity contribution in [2.24, 2.45) is 5.73 Å². The van der Waals surface area contributed by atoms with E-state index in [1.54, 1.807) is 24.1 Å². The molecule has 2 amide bonds. The highest BCUT2D eigenvalue weighted by molar-refractivity contribution is 6.44. The summed E-state index contributed by atoms with van der Waals surface area (Å²) in [5, 5.41) is 2.71. The molecule has 0 radical (unpaired) electrons. The zero-order valence-corrected chi connectivity index (χ0v) is 18.6. The van der Waals surface area contributed by atoms with Crippen LogP contribution >= 0.6 is 0 Å². The Morgan fingerprint density at radius 2 is 1.79 bits per heavy atom. The maximum absolute atomic E-state index is 13.1. The van der Waals surface area contributed by atoms with Crippen LogP contribution in [0, 0.1) is 0 Å². The van der Waals surface area contributed by atoms with E-state index < -0.39 is 23.8 Å². The predicted octanol–water partition coefficient (Wildman–Crippen LogP) is 2.59. The normalized spacial score (nSPS) is 15.4. The molecule has 1 aromatic carbocycles. The Morgan fingerprint density at radius 3 is 2.45 bits per heavy atom. The Bertz CT molecular complexity index is 1280. The van der Waals surface area contributed by atoms with Gasteiger partial charge in [0, 0.05) is 31.6 Å². The Balaban J connectivity index is 1.56. The van der Waals surface area contributed by atoms with Crippen LogP contribution in [0.25, 0.3) is 5.52 Å². The van der Waals surface area contributed by atoms with E-state index in [2.05, 4.69) is 36.5 Å². The molecule has 3 heterocycles. The highest BCUT2D eigenvalue weighted by atomic mass is 16.2. The third-order valence-electron chi connectivity index (χ3n) is 5.83. The first-order valence-electron chi connectivity index (χ1n) is 10.8. The number of nitrogens with one attached hydrogen (secondary N) is 1. The maximum atomic E-state index is 13.1. The van der Waals surface area contributed by atoms with Gasteiger partial charge in [0.15, 0.2) is 0 Å². The Kier molecular flexibility index (Phi) is 6.13. The summed E-state index contributed by atoms with van der Waals surface area (Å²) < 4.78 is 1.95. The minimum absolute atomic E-state index is 0.323. The molecule has 0 fully saturated rings. The summed E-state index contributed by atoms with van der Waals surface area (Å²) in [6.45, 7) is 2.12. The summed E-state index contributed by atoms with van der Waals surface area (Å²) in [6.07, 6.45) is 7.64. The number of carbonyl (C=O) groups is 3. The number of Topliss-reactive ketones (excluding diaryl/α,β-unsaturated/α-hetero) is 1. The molecular formula is C26H26N4O3. The molecule has 0 aliphatic carbocycles. The van der Waals surface area contributed by atoms with Crippen molar-refractivity contribution in [2.75, 3.05) is 7.05 Å². The van der Waals surface area contributed by atoms with Gasteiger partial charge in [-0.15, -0.1) is 0 Å². The van der Waals surface area contributed by atoms with Crippen molar-refractivity contribution in [3.63, 3.8) is 0 Å². The van der Waals surface area contributed by atoms with Crippen molar-refractivity contribution in [1.82, 2.24) is 14.6 Å². The monoisotopic (exact) mass is 442 g/mol. The van der Waals surface area contributed by atoms with Crippen LogP contribution < -0.4 is 11.1 Å². The Hall–Kier alpha value is -4.13. The molecule has 0 spiro atoms. The van der Waals surface area contributed by atoms with E-state index in [4.69, 9.17) is 5.73 Å². The summed E-state index contributed by atoms with van der Waals surface area (Å²) >= 11 is 0. The molecule has 1 atom stereocenters. The van der Waals surface area contributed by atoms with Gasteiger partial charge in [-0.3, -0.25) is 14.4 Å². The number of carbonyl (C=O) groups excluding carboxylic acids is 3. The molecule has 3 aromatic rings. The number of likely N-dealkylation sites (N-methyl/N-ethyl adjacent to an activating group) is 1. The summed E-state index contributed by atoms with van der Waals surface area (Å²) in [6, 6.07) is 15.8. The highest BCUT2D eigenvalue weighted by Gasteiger charge is 2.25. The molecule has 1 unspecified atom stereocenters. The number of benzene rings is 1. The fourth-order valence-corrected chi connectivity index (χ4v) is 3.93. The molecular weight excluding hydrogens is 416 g/mol. The first-order valence-corrected chi connectivity index (χ1v) is 10.8. The smallest absolute Gasteiger partial charge is 0.294 e. The van der Waals surface area contributed by atoms with Gasteiger partial charge in [-0.05, 0) is 47.9 Å². The first-order chi connectivity index (χ1) is 15.9. The predicted molar refractivity (Wildman–Crippen MR) is 126 cm³/mol. The van der Waals surface area contributed by atoms with Gasteiger partial charge in [0.05, 0.1) is 16.7 Å². The zero-order chi connectivity index (χ0) is 23.5. The lowest BCUT2D eigenvalue weighted by Crippen LogP contribution is -2.46. The molecule has 7 heteroatoms. The summed E-state index contributed by atoms with van der Waals surface area (Å²) in [5.41, 5.74) is 9.98. The quantitative estimate of drug-likeness (QED) is 0.434. The number of hydrogen-bond acceptors (Lipinski definition) is 4. The molecule has 33 heavy (non-hydrogen) atoms. The highest BCUT2D eigenvalue weighted by Crippen LogP contribution is 2.21. The van der Waals surface area contributed by atoms with Crippen molar-refractivity contribution in [1.29, 1.82) is 0 Å². The first kappa shape index (κ1) is 22.1. The average molecular weight is 443 g/mol. The molecule has 2 aromatic heterocycles. The van der Waals surface area contributed by atoms with E-state index in [1.165, 1.54) is 17.8 Å². The van der Waals surface area contributed by atoms with Gasteiger partial charge in [0.1, 0.15) is 6.17 Å². The van der Waals surface area contributed by atoms with Gasteiger partial charge < -0.3 is 20.4 Å². The van der Waals surface area contributed by atoms with E-state index in [0.717, 1.165) is 17.7 Å². The van der Waals surface area contributed by atoms with E-state index in [1.807, 2.05) is 28.8 Å². The second kappa shape index (κ2) is 9.16. The SMILES string of the molecule is CCc1ccc(Cc2cc(C(=O)C(=O)NC3C=CC(C(N)=O)=CN3C)c3ccccn23)cc1. The van der Waals surface area contributed by atoms with Crippen molar-refractivity contribution in [3.8, 4) is 0 Å². The molecule has 0 saturated carbocycles. The standard InChI is InChI=1S/C26H26N4O3/c1-3-17-7-9-18(10-8-17)14-20-15-21(22-6-4-5-13-30(20)22)24(31)26(33)28-23-12-11-19(25(27)32)16-29(23)2/h4-13,15-16,23H,3,14H2,1-2H3,(H2,27,32)(H,28,33). The van der Waals surface area contributed by atoms with Gasteiger partial charge in [0.25, 0.3) is 11.7 Å². The summed E-state index contributed by atoms with van der Waals surface area (Å²) in [4.78, 5) is 38.9. The minimum atomic E-state index is -0.720. The zero-order valence-electron chi connectivity index (χ0n) is 18.6. The van der Waals surface area contributed by atoms with Crippen LogP contribution in [-0.4, -0.2) is 40.1 Å². The van der Waals surface area contributed by atoms with Crippen LogP contribution in [0.15, 0.2) is 78.7 Å². The van der Waals surface area contributed by atoms with E-state index >= 15 is 0 Å². The number of nitrogens with two attached hydrogens (primary N) is 1. The number of hydrogen-bond donors (Lipinski definition) is 2. The number of rotatable bonds is 7. The molecule has 0 saturated heterocycles. The summed E-state index contributed by atoms with van der Waals surface area (Å²) in [5.74, 6) is -1.89. The molecule has 4 rings (SSSR count). The molecule has 1 aliphatic heterocycles. The average Bonchev–Trinajstić information content (AvgIpc) is 3.18. The lowest BCUT2D eigenvalue weighted by Gasteiger charge is -2.28. The molecule has 0 bridgehead atoms. The molecule has 168 valence electrons. The maximum Gasteiger partial charge on any atom is 0.294 e. The van der Waals surface area contributed by atoms with Crippen molar-refractivity contribution < 1.29 is 14.4 Å². The van der Waals surface area contributed by atoms with E-state index in [-0.39, 0.29) is 0 Å². The third kappa shape index (κ3) is 4.57. The van der Waals surface area contributed by atoms with Crippen LogP contribution in [0.4, 0.5) is 0 Å². The van der Waals surface area contributed by atoms with Crippen molar-refractivity contribution in [2.45, 2.75) is 25.9 Å². The van der Waals surface area contributed by atoms with Crippen LogP contribution in [-0.2, 0) is 22.4 Å². The minimum Gasteiger partial charge on any atom is -0.366 e. The van der Waals surface area contributed by atoms with Crippen molar-refractivity contribution in [3.05, 3.63) is 101 Å². The lowest BCUT2D eigenvalue weighted by molar-refractivity contribution is -0.118. The summed E-state index contributed by atoms with van der Waals surface area (Å²) in [7, 11) is 1.69. The molecule has 1 aliphatic rings. The number of amides is 2. The fraction of sp³-hybridized carbons (Fsp3) is 0.192. The van der Waals surface area contributed by atoms with E-state index in [9.17, 15) is 14.4 Å². The second-order valence-corrected chi connectivity index (χ2v) is 8.07. The van der Waals surface area contributed by atoms with Gasteiger partial charge in [0.2, 0.25) is 5.91 Å². The number of ketones is 1. The second-order valence-electron chi connectivity index (χ2n) is 8.07. The molecule has 7 nitrogen and oxygen atoms in total. The largest absolute Gasteiger partial charge is 0.366 e. The van der Waals surface area contributed by atoms with Gasteiger partial charge in [-0.25, -0.2) is 0 Å². The van der Waals surface area contributed by atoms with Gasteiger partial charge in [-0.2, -0.15) is 0 Å².